The van der Waals surface area contributed by atoms with E-state index in [4.69, 9.17) is 4.74 Å². The van der Waals surface area contributed by atoms with Crippen molar-refractivity contribution in [2.24, 2.45) is 0 Å². The van der Waals surface area contributed by atoms with Crippen LogP contribution in [-0.4, -0.2) is 47.4 Å². The molecule has 2 N–H and O–H groups in total. The number of nitrogens with zero attached hydrogens (tertiary/aromatic N) is 1. The van der Waals surface area contributed by atoms with Crippen LogP contribution < -0.4 is 10.6 Å². The van der Waals surface area contributed by atoms with Crippen LogP contribution in [0.25, 0.3) is 0 Å². The van der Waals surface area contributed by atoms with Gasteiger partial charge in [0.1, 0.15) is 12.1 Å². The number of urea groups is 1. The lowest BCUT2D eigenvalue weighted by Crippen LogP contribution is -2.45. The van der Waals surface area contributed by atoms with E-state index in [1.165, 1.54) is 0 Å². The van der Waals surface area contributed by atoms with Gasteiger partial charge in [0.05, 0.1) is 0 Å². The third-order valence-corrected chi connectivity index (χ3v) is 4.64. The molecule has 1 aromatic rings. The first-order valence-electron chi connectivity index (χ1n) is 8.75. The summed E-state index contributed by atoms with van der Waals surface area (Å²) in [7, 11) is 0. The van der Waals surface area contributed by atoms with Crippen LogP contribution in [-0.2, 0) is 24.7 Å². The molecule has 1 aliphatic heterocycles. The molecule has 0 unspecified atom stereocenters. The lowest BCUT2D eigenvalue weighted by Gasteiger charge is -2.24. The van der Waals surface area contributed by atoms with Gasteiger partial charge in [-0.3, -0.25) is 19.3 Å². The smallest absolute Gasteiger partial charge is 0.326 e. The fourth-order valence-corrected chi connectivity index (χ4v) is 2.63. The minimum absolute atomic E-state index is 0.411. The van der Waals surface area contributed by atoms with E-state index >= 15 is 0 Å². The van der Waals surface area contributed by atoms with E-state index in [-0.39, 0.29) is 0 Å². The van der Waals surface area contributed by atoms with Crippen LogP contribution in [0.2, 0.25) is 0 Å². The normalized spacial score (nSPS) is 19.6. The summed E-state index contributed by atoms with van der Waals surface area (Å²) in [5.74, 6) is -1.82. The average molecular weight is 375 g/mol. The topological polar surface area (TPSA) is 105 Å². The third-order valence-electron chi connectivity index (χ3n) is 4.64. The molecule has 0 spiro atoms. The number of nitrogens with one attached hydrogen (secondary N) is 2. The van der Waals surface area contributed by atoms with Crippen molar-refractivity contribution >= 4 is 23.8 Å². The Hall–Kier alpha value is -2.90. The zero-order valence-electron chi connectivity index (χ0n) is 16.0. The van der Waals surface area contributed by atoms with Gasteiger partial charge in [-0.1, -0.05) is 37.3 Å². The summed E-state index contributed by atoms with van der Waals surface area (Å²) >= 11 is 0. The van der Waals surface area contributed by atoms with E-state index in [0.29, 0.717) is 12.0 Å². The van der Waals surface area contributed by atoms with Gasteiger partial charge in [-0.25, -0.2) is 4.79 Å². The Morgan fingerprint density at radius 3 is 2.44 bits per heavy atom. The lowest BCUT2D eigenvalue weighted by molar-refractivity contribution is -0.151. The lowest BCUT2D eigenvalue weighted by atomic mass is 9.92. The van der Waals surface area contributed by atoms with Crippen molar-refractivity contribution < 1.29 is 23.9 Å². The highest BCUT2D eigenvalue weighted by Crippen LogP contribution is 2.28. The SMILES string of the molecule is CCC(C)(C)NC(=O)COC(=O)CN1C(=O)N[C@@](C)(c2ccccc2)C1=O. The Morgan fingerprint density at radius 1 is 1.22 bits per heavy atom. The second-order valence-corrected chi connectivity index (χ2v) is 7.26. The fraction of sp³-hybridized carbons (Fsp3) is 0.474. The molecule has 0 saturated carbocycles. The summed E-state index contributed by atoms with van der Waals surface area (Å²) in [6.45, 7) is 6.18. The maximum Gasteiger partial charge on any atom is 0.326 e. The van der Waals surface area contributed by atoms with Gasteiger partial charge >= 0.3 is 12.0 Å². The van der Waals surface area contributed by atoms with E-state index in [1.54, 1.807) is 37.3 Å². The van der Waals surface area contributed by atoms with Crippen LogP contribution in [0.1, 0.15) is 39.7 Å². The van der Waals surface area contributed by atoms with Crippen molar-refractivity contribution in [3.05, 3.63) is 35.9 Å². The number of esters is 1. The van der Waals surface area contributed by atoms with E-state index < -0.39 is 48.0 Å². The number of carbonyl (C=O) groups is 4. The number of carbonyl (C=O) groups excluding carboxylic acids is 4. The number of hydrogen-bond donors (Lipinski definition) is 2. The Labute approximate surface area is 158 Å². The Morgan fingerprint density at radius 2 is 1.85 bits per heavy atom. The van der Waals surface area contributed by atoms with E-state index in [2.05, 4.69) is 10.6 Å². The minimum Gasteiger partial charge on any atom is -0.454 e. The number of amides is 4. The summed E-state index contributed by atoms with van der Waals surface area (Å²) in [6, 6.07) is 8.08. The highest BCUT2D eigenvalue weighted by Gasteiger charge is 2.49. The Balaban J connectivity index is 1.95. The summed E-state index contributed by atoms with van der Waals surface area (Å²) in [5.41, 5.74) is -1.05. The van der Waals surface area contributed by atoms with Crippen LogP contribution >= 0.6 is 0 Å². The van der Waals surface area contributed by atoms with Crippen molar-refractivity contribution in [3.63, 3.8) is 0 Å². The Kier molecular flexibility index (Phi) is 5.88. The van der Waals surface area contributed by atoms with Crippen LogP contribution in [0.5, 0.6) is 0 Å². The molecule has 0 bridgehead atoms. The molecule has 1 saturated heterocycles. The molecule has 1 fully saturated rings. The zero-order valence-corrected chi connectivity index (χ0v) is 16.0. The molecule has 4 amide bonds. The van der Waals surface area contributed by atoms with Crippen molar-refractivity contribution in [1.29, 1.82) is 0 Å². The molecule has 0 aliphatic carbocycles. The molecule has 8 nitrogen and oxygen atoms in total. The fourth-order valence-electron chi connectivity index (χ4n) is 2.63. The predicted molar refractivity (Wildman–Crippen MR) is 97.5 cm³/mol. The molecular weight excluding hydrogens is 350 g/mol. The molecule has 2 rings (SSSR count). The van der Waals surface area contributed by atoms with E-state index in [9.17, 15) is 19.2 Å². The van der Waals surface area contributed by atoms with Crippen LogP contribution in [0, 0.1) is 0 Å². The van der Waals surface area contributed by atoms with Gasteiger partial charge in [0, 0.05) is 5.54 Å². The predicted octanol–water partition coefficient (Wildman–Crippen LogP) is 1.30. The van der Waals surface area contributed by atoms with Gasteiger partial charge in [0.2, 0.25) is 0 Å². The molecule has 1 atom stereocenters. The second kappa shape index (κ2) is 7.77. The summed E-state index contributed by atoms with van der Waals surface area (Å²) in [4.78, 5) is 49.5. The maximum atomic E-state index is 12.7. The van der Waals surface area contributed by atoms with Gasteiger partial charge in [-0.2, -0.15) is 0 Å². The molecule has 146 valence electrons. The first-order valence-corrected chi connectivity index (χ1v) is 8.75. The summed E-state index contributed by atoms with van der Waals surface area (Å²) in [5, 5.41) is 5.34. The van der Waals surface area contributed by atoms with E-state index in [1.807, 2.05) is 20.8 Å². The van der Waals surface area contributed by atoms with Gasteiger partial charge in [0.25, 0.3) is 11.8 Å². The van der Waals surface area contributed by atoms with Crippen LogP contribution in [0.3, 0.4) is 0 Å². The van der Waals surface area contributed by atoms with Gasteiger partial charge in [0.15, 0.2) is 6.61 Å². The molecule has 8 heteroatoms. The average Bonchev–Trinajstić information content (AvgIpc) is 2.84. The summed E-state index contributed by atoms with van der Waals surface area (Å²) in [6.07, 6.45) is 0.715. The number of rotatable bonds is 7. The molecular formula is C19H25N3O5. The minimum atomic E-state index is -1.25. The first-order chi connectivity index (χ1) is 12.6. The molecule has 0 aromatic heterocycles. The monoisotopic (exact) mass is 375 g/mol. The number of hydrogen-bond acceptors (Lipinski definition) is 5. The maximum absolute atomic E-state index is 12.7. The number of imide groups is 1. The van der Waals surface area contributed by atoms with Gasteiger partial charge in [-0.05, 0) is 32.8 Å². The van der Waals surface area contributed by atoms with Crippen molar-refractivity contribution in [2.75, 3.05) is 13.2 Å². The van der Waals surface area contributed by atoms with Crippen molar-refractivity contribution in [3.8, 4) is 0 Å². The number of benzene rings is 1. The third kappa shape index (κ3) is 4.64. The quantitative estimate of drug-likeness (QED) is 0.552. The van der Waals surface area contributed by atoms with Gasteiger partial charge in [-0.15, -0.1) is 0 Å². The highest BCUT2D eigenvalue weighted by atomic mass is 16.5. The molecule has 1 aromatic carbocycles. The van der Waals surface area contributed by atoms with Crippen LogP contribution in [0.4, 0.5) is 4.79 Å². The standard InChI is InChI=1S/C19H25N3O5/c1-5-18(2,3)20-14(23)12-27-15(24)11-22-16(25)19(4,21-17(22)26)13-9-7-6-8-10-13/h6-10H,5,11-12H2,1-4H3,(H,20,23)(H,21,26)/t19-/m0/s1. The number of ether oxygens (including phenoxy) is 1. The highest BCUT2D eigenvalue weighted by molar-refractivity contribution is 6.08. The molecule has 1 aliphatic rings. The Bertz CT molecular complexity index is 747. The van der Waals surface area contributed by atoms with E-state index in [0.717, 1.165) is 4.90 Å². The molecule has 1 heterocycles. The molecule has 27 heavy (non-hydrogen) atoms. The van der Waals surface area contributed by atoms with Crippen molar-refractivity contribution in [2.45, 2.75) is 45.2 Å². The largest absolute Gasteiger partial charge is 0.454 e. The van der Waals surface area contributed by atoms with Crippen LogP contribution in [0.15, 0.2) is 30.3 Å². The summed E-state index contributed by atoms with van der Waals surface area (Å²) < 4.78 is 4.90. The van der Waals surface area contributed by atoms with Gasteiger partial charge < -0.3 is 15.4 Å². The van der Waals surface area contributed by atoms with Crippen molar-refractivity contribution in [1.82, 2.24) is 15.5 Å². The molecule has 0 radical (unpaired) electrons. The first kappa shape index (κ1) is 20.4. The zero-order chi connectivity index (χ0) is 20.2. The second-order valence-electron chi connectivity index (χ2n) is 7.26.